The first-order valence-corrected chi connectivity index (χ1v) is 7.49. The maximum absolute atomic E-state index is 12.3. The van der Waals surface area contributed by atoms with E-state index >= 15 is 0 Å². The standard InChI is InChI=1S/C18H23NO3/c1-4-18(2,12-20)19-17(21)10-14-7-5-6-13-8-9-15(22-3)11-16(13)14/h5-9,11,20H,4,10,12H2,1-3H3,(H,19,21)/t18-/m0/s1. The molecule has 0 aliphatic carbocycles. The van der Waals surface area contributed by atoms with Gasteiger partial charge in [-0.25, -0.2) is 0 Å². The number of rotatable bonds is 6. The van der Waals surface area contributed by atoms with E-state index in [9.17, 15) is 9.90 Å². The van der Waals surface area contributed by atoms with Crippen molar-refractivity contribution in [3.05, 3.63) is 42.0 Å². The van der Waals surface area contributed by atoms with Crippen LogP contribution in [0, 0.1) is 0 Å². The summed E-state index contributed by atoms with van der Waals surface area (Å²) in [6.45, 7) is 3.72. The maximum Gasteiger partial charge on any atom is 0.224 e. The molecule has 0 radical (unpaired) electrons. The molecular weight excluding hydrogens is 278 g/mol. The van der Waals surface area contributed by atoms with Crippen LogP contribution >= 0.6 is 0 Å². The summed E-state index contributed by atoms with van der Waals surface area (Å²) in [4.78, 5) is 12.3. The highest BCUT2D eigenvalue weighted by molar-refractivity contribution is 5.91. The summed E-state index contributed by atoms with van der Waals surface area (Å²) in [7, 11) is 1.63. The van der Waals surface area contributed by atoms with Gasteiger partial charge in [0.2, 0.25) is 5.91 Å². The van der Waals surface area contributed by atoms with Gasteiger partial charge in [0.15, 0.2) is 0 Å². The predicted octanol–water partition coefficient (Wildman–Crippen LogP) is 2.67. The van der Waals surface area contributed by atoms with E-state index in [0.717, 1.165) is 22.1 Å². The minimum absolute atomic E-state index is 0.0708. The van der Waals surface area contributed by atoms with E-state index in [2.05, 4.69) is 5.32 Å². The third-order valence-corrected chi connectivity index (χ3v) is 4.10. The highest BCUT2D eigenvalue weighted by Gasteiger charge is 2.23. The Bertz CT molecular complexity index is 662. The summed E-state index contributed by atoms with van der Waals surface area (Å²) in [5.74, 6) is 0.683. The van der Waals surface area contributed by atoms with Crippen LogP contribution in [0.3, 0.4) is 0 Å². The Balaban J connectivity index is 2.26. The van der Waals surface area contributed by atoms with Gasteiger partial charge in [0.25, 0.3) is 0 Å². The number of carbonyl (C=O) groups is 1. The average molecular weight is 301 g/mol. The van der Waals surface area contributed by atoms with Crippen LogP contribution in [0.4, 0.5) is 0 Å². The maximum atomic E-state index is 12.3. The molecule has 0 spiro atoms. The molecule has 2 aromatic rings. The zero-order valence-electron chi connectivity index (χ0n) is 13.3. The lowest BCUT2D eigenvalue weighted by molar-refractivity contribution is -0.122. The second kappa shape index (κ2) is 6.79. The van der Waals surface area contributed by atoms with Crippen molar-refractivity contribution in [2.45, 2.75) is 32.2 Å². The lowest BCUT2D eigenvalue weighted by atomic mass is 9.98. The van der Waals surface area contributed by atoms with Gasteiger partial charge in [0.1, 0.15) is 5.75 Å². The SMILES string of the molecule is CC[C@@](C)(CO)NC(=O)Cc1cccc2ccc(OC)cc12. The molecule has 0 fully saturated rings. The van der Waals surface area contributed by atoms with Gasteiger partial charge in [-0.2, -0.15) is 0 Å². The Hall–Kier alpha value is -2.07. The summed E-state index contributed by atoms with van der Waals surface area (Å²) in [5, 5.41) is 14.4. The van der Waals surface area contributed by atoms with Crippen molar-refractivity contribution in [1.29, 1.82) is 0 Å². The third kappa shape index (κ3) is 3.57. The van der Waals surface area contributed by atoms with Crippen molar-refractivity contribution in [3.8, 4) is 5.75 Å². The zero-order valence-corrected chi connectivity index (χ0v) is 13.3. The molecule has 0 aliphatic heterocycles. The van der Waals surface area contributed by atoms with Crippen LogP contribution in [0.25, 0.3) is 10.8 Å². The number of carbonyl (C=O) groups excluding carboxylic acids is 1. The number of fused-ring (bicyclic) bond motifs is 1. The molecule has 0 aliphatic rings. The zero-order chi connectivity index (χ0) is 16.2. The van der Waals surface area contributed by atoms with Crippen molar-refractivity contribution < 1.29 is 14.6 Å². The van der Waals surface area contributed by atoms with Gasteiger partial charge < -0.3 is 15.2 Å². The van der Waals surface area contributed by atoms with Gasteiger partial charge >= 0.3 is 0 Å². The summed E-state index contributed by atoms with van der Waals surface area (Å²) in [6.07, 6.45) is 0.957. The van der Waals surface area contributed by atoms with Gasteiger partial charge in [-0.15, -0.1) is 0 Å². The molecule has 0 heterocycles. The summed E-state index contributed by atoms with van der Waals surface area (Å²) < 4.78 is 5.26. The van der Waals surface area contributed by atoms with E-state index in [1.54, 1.807) is 7.11 Å². The Morgan fingerprint density at radius 1 is 1.32 bits per heavy atom. The molecule has 1 atom stereocenters. The van der Waals surface area contributed by atoms with E-state index in [1.807, 2.05) is 50.2 Å². The van der Waals surface area contributed by atoms with Crippen LogP contribution in [-0.4, -0.2) is 30.3 Å². The molecule has 2 aromatic carbocycles. The van der Waals surface area contributed by atoms with Crippen LogP contribution < -0.4 is 10.1 Å². The number of hydrogen-bond acceptors (Lipinski definition) is 3. The predicted molar refractivity (Wildman–Crippen MR) is 88.1 cm³/mol. The molecular formula is C18H23NO3. The number of hydrogen-bond donors (Lipinski definition) is 2. The van der Waals surface area contributed by atoms with Crippen molar-refractivity contribution in [2.24, 2.45) is 0 Å². The second-order valence-electron chi connectivity index (χ2n) is 5.80. The van der Waals surface area contributed by atoms with E-state index in [4.69, 9.17) is 4.74 Å². The molecule has 0 saturated carbocycles. The first kappa shape index (κ1) is 16.3. The summed E-state index contributed by atoms with van der Waals surface area (Å²) in [5.41, 5.74) is 0.379. The smallest absolute Gasteiger partial charge is 0.224 e. The van der Waals surface area contributed by atoms with Gasteiger partial charge in [-0.1, -0.05) is 31.2 Å². The number of aliphatic hydroxyl groups excluding tert-OH is 1. The molecule has 22 heavy (non-hydrogen) atoms. The van der Waals surface area contributed by atoms with Crippen LogP contribution in [0.5, 0.6) is 5.75 Å². The van der Waals surface area contributed by atoms with Gasteiger partial charge in [0.05, 0.1) is 25.7 Å². The summed E-state index contributed by atoms with van der Waals surface area (Å²) >= 11 is 0. The van der Waals surface area contributed by atoms with Crippen molar-refractivity contribution in [2.75, 3.05) is 13.7 Å². The van der Waals surface area contributed by atoms with Crippen molar-refractivity contribution in [3.63, 3.8) is 0 Å². The topological polar surface area (TPSA) is 58.6 Å². The number of amides is 1. The molecule has 0 bridgehead atoms. The Morgan fingerprint density at radius 2 is 2.09 bits per heavy atom. The van der Waals surface area contributed by atoms with Crippen molar-refractivity contribution >= 4 is 16.7 Å². The largest absolute Gasteiger partial charge is 0.497 e. The fourth-order valence-corrected chi connectivity index (χ4v) is 2.39. The molecule has 1 amide bonds. The first-order chi connectivity index (χ1) is 10.5. The fourth-order valence-electron chi connectivity index (χ4n) is 2.39. The Kier molecular flexibility index (Phi) is 5.03. The molecule has 118 valence electrons. The van der Waals surface area contributed by atoms with E-state index < -0.39 is 5.54 Å². The molecule has 2 rings (SSSR count). The van der Waals surface area contributed by atoms with Crippen LogP contribution in [0.2, 0.25) is 0 Å². The van der Waals surface area contributed by atoms with Crippen LogP contribution in [-0.2, 0) is 11.2 Å². The lowest BCUT2D eigenvalue weighted by Crippen LogP contribution is -2.48. The quantitative estimate of drug-likeness (QED) is 0.862. The van der Waals surface area contributed by atoms with Crippen LogP contribution in [0.1, 0.15) is 25.8 Å². The highest BCUT2D eigenvalue weighted by atomic mass is 16.5. The normalized spacial score (nSPS) is 13.6. The van der Waals surface area contributed by atoms with Crippen LogP contribution in [0.15, 0.2) is 36.4 Å². The number of benzene rings is 2. The number of methoxy groups -OCH3 is 1. The number of ether oxygens (including phenoxy) is 1. The fraction of sp³-hybridized carbons (Fsp3) is 0.389. The number of aliphatic hydroxyl groups is 1. The van der Waals surface area contributed by atoms with E-state index in [0.29, 0.717) is 6.42 Å². The molecule has 2 N–H and O–H groups in total. The molecule has 4 heteroatoms. The van der Waals surface area contributed by atoms with Crippen molar-refractivity contribution in [1.82, 2.24) is 5.32 Å². The van der Waals surface area contributed by atoms with Gasteiger partial charge in [-0.05, 0) is 41.8 Å². The first-order valence-electron chi connectivity index (χ1n) is 7.49. The molecule has 4 nitrogen and oxygen atoms in total. The van der Waals surface area contributed by atoms with Gasteiger partial charge in [-0.3, -0.25) is 4.79 Å². The highest BCUT2D eigenvalue weighted by Crippen LogP contribution is 2.24. The second-order valence-corrected chi connectivity index (χ2v) is 5.80. The Labute approximate surface area is 131 Å². The molecule has 0 unspecified atom stereocenters. The molecule has 0 saturated heterocycles. The minimum atomic E-state index is -0.570. The van der Waals surface area contributed by atoms with E-state index in [-0.39, 0.29) is 18.9 Å². The monoisotopic (exact) mass is 301 g/mol. The molecule has 0 aromatic heterocycles. The van der Waals surface area contributed by atoms with Gasteiger partial charge in [0, 0.05) is 0 Å². The minimum Gasteiger partial charge on any atom is -0.497 e. The Morgan fingerprint density at radius 3 is 2.73 bits per heavy atom. The average Bonchev–Trinajstić information content (AvgIpc) is 2.54. The third-order valence-electron chi connectivity index (χ3n) is 4.10. The lowest BCUT2D eigenvalue weighted by Gasteiger charge is -2.27. The summed E-state index contributed by atoms with van der Waals surface area (Å²) in [6, 6.07) is 11.8. The number of nitrogens with one attached hydrogen (secondary N) is 1. The van der Waals surface area contributed by atoms with E-state index in [1.165, 1.54) is 0 Å².